The zero-order valence-corrected chi connectivity index (χ0v) is 24.6. The van der Waals surface area contributed by atoms with Crippen molar-refractivity contribution in [3.05, 3.63) is 65.9 Å². The fourth-order valence-electron chi connectivity index (χ4n) is 4.76. The second kappa shape index (κ2) is 15.5. The van der Waals surface area contributed by atoms with Gasteiger partial charge in [-0.1, -0.05) is 44.2 Å². The Morgan fingerprint density at radius 1 is 0.818 bits per heavy atom. The van der Waals surface area contributed by atoms with Crippen LogP contribution in [0.15, 0.2) is 54.7 Å². The van der Waals surface area contributed by atoms with Gasteiger partial charge in [-0.3, -0.25) is 19.2 Å². The van der Waals surface area contributed by atoms with Crippen LogP contribution in [0.25, 0.3) is 10.9 Å². The molecule has 0 saturated carbocycles. The van der Waals surface area contributed by atoms with E-state index in [-0.39, 0.29) is 37.4 Å². The molecule has 3 rings (SSSR count). The second-order valence-corrected chi connectivity index (χ2v) is 11.1. The molecule has 236 valence electrons. The number of nitrogens with one attached hydrogen (secondary N) is 4. The number of aromatic amines is 1. The molecule has 0 aliphatic carbocycles. The number of phenolic OH excluding ortho intramolecular Hbond substituents is 1. The van der Waals surface area contributed by atoms with Crippen LogP contribution in [-0.2, 0) is 36.8 Å². The molecule has 1 aromatic heterocycles. The fourth-order valence-corrected chi connectivity index (χ4v) is 4.76. The lowest BCUT2D eigenvalue weighted by atomic mass is 10.0. The highest BCUT2D eigenvalue weighted by atomic mass is 16.4. The van der Waals surface area contributed by atoms with Crippen molar-refractivity contribution in [1.82, 2.24) is 20.9 Å². The summed E-state index contributed by atoms with van der Waals surface area (Å²) in [6.07, 6.45) is 1.14. The molecule has 44 heavy (non-hydrogen) atoms. The number of benzene rings is 2. The first kappa shape index (κ1) is 33.6. The summed E-state index contributed by atoms with van der Waals surface area (Å²) in [5, 5.41) is 36.9. The molecule has 0 fully saturated rings. The molecule has 9 N–H and O–H groups in total. The van der Waals surface area contributed by atoms with Crippen LogP contribution in [0.5, 0.6) is 5.75 Å². The average Bonchev–Trinajstić information content (AvgIpc) is 3.37. The number of carboxylic acid groups (broad SMARTS) is 2. The first-order valence-corrected chi connectivity index (χ1v) is 14.3. The van der Waals surface area contributed by atoms with E-state index in [1.807, 2.05) is 32.0 Å². The molecule has 4 atom stereocenters. The number of hydrogen-bond acceptors (Lipinski definition) is 7. The first-order chi connectivity index (χ1) is 20.8. The van der Waals surface area contributed by atoms with Gasteiger partial charge in [-0.2, -0.15) is 0 Å². The summed E-state index contributed by atoms with van der Waals surface area (Å²) < 4.78 is 0. The highest BCUT2D eigenvalue weighted by Gasteiger charge is 2.31. The van der Waals surface area contributed by atoms with E-state index in [0.29, 0.717) is 11.1 Å². The number of H-pyrrole nitrogens is 1. The Bertz CT molecular complexity index is 1470. The SMILES string of the molecule is CC(C)CC(NC(=O)C(N)Cc1ccc(O)cc1)C(=O)NC(CCC(=O)O)C(=O)NC(Cc1c[nH]c2ccccc12)C(=O)O. The number of amides is 3. The van der Waals surface area contributed by atoms with Gasteiger partial charge in [-0.15, -0.1) is 0 Å². The van der Waals surface area contributed by atoms with Crippen molar-refractivity contribution in [3.63, 3.8) is 0 Å². The van der Waals surface area contributed by atoms with Crippen LogP contribution >= 0.6 is 0 Å². The summed E-state index contributed by atoms with van der Waals surface area (Å²) in [7, 11) is 0. The van der Waals surface area contributed by atoms with Gasteiger partial charge in [0.1, 0.15) is 23.9 Å². The lowest BCUT2D eigenvalue weighted by Gasteiger charge is -2.26. The molecule has 0 saturated heterocycles. The summed E-state index contributed by atoms with van der Waals surface area (Å²) >= 11 is 0. The van der Waals surface area contributed by atoms with Crippen molar-refractivity contribution in [2.45, 2.75) is 70.1 Å². The standard InChI is InChI=1S/C31H39N5O8/c1-17(2)13-25(35-28(40)22(32)14-18-7-9-20(37)10-8-18)30(42)34-24(11-12-27(38)39)29(41)36-26(31(43)44)15-19-16-33-23-6-4-3-5-21(19)23/h3-10,16-17,22,24-26,33,37H,11-15,32H2,1-2H3,(H,34,42)(H,35,40)(H,36,41)(H,38,39)(H,43,44). The zero-order valence-electron chi connectivity index (χ0n) is 24.6. The molecule has 0 spiro atoms. The molecule has 0 bridgehead atoms. The Balaban J connectivity index is 1.72. The van der Waals surface area contributed by atoms with Crippen molar-refractivity contribution in [2.75, 3.05) is 0 Å². The smallest absolute Gasteiger partial charge is 0.326 e. The summed E-state index contributed by atoms with van der Waals surface area (Å²) in [6, 6.07) is 8.57. The van der Waals surface area contributed by atoms with Gasteiger partial charge in [-0.05, 0) is 54.5 Å². The number of aliphatic carboxylic acids is 2. The van der Waals surface area contributed by atoms with E-state index in [0.717, 1.165) is 10.9 Å². The Kier molecular flexibility index (Phi) is 11.9. The maximum absolute atomic E-state index is 13.4. The number of aromatic hydroxyl groups is 1. The van der Waals surface area contributed by atoms with Gasteiger partial charge in [0.15, 0.2) is 0 Å². The zero-order chi connectivity index (χ0) is 32.4. The molecule has 4 unspecified atom stereocenters. The van der Waals surface area contributed by atoms with Crippen LogP contribution in [0.1, 0.15) is 44.2 Å². The number of nitrogens with two attached hydrogens (primary N) is 1. The molecular formula is C31H39N5O8. The third-order valence-electron chi connectivity index (χ3n) is 7.06. The van der Waals surface area contributed by atoms with Crippen molar-refractivity contribution < 1.29 is 39.3 Å². The molecule has 13 nitrogen and oxygen atoms in total. The monoisotopic (exact) mass is 609 g/mol. The van der Waals surface area contributed by atoms with E-state index < -0.39 is 60.2 Å². The van der Waals surface area contributed by atoms with Crippen molar-refractivity contribution >= 4 is 40.6 Å². The minimum atomic E-state index is -1.39. The van der Waals surface area contributed by atoms with Crippen LogP contribution in [0, 0.1) is 5.92 Å². The number of phenols is 1. The largest absolute Gasteiger partial charge is 0.508 e. The van der Waals surface area contributed by atoms with Crippen molar-refractivity contribution in [3.8, 4) is 5.75 Å². The van der Waals surface area contributed by atoms with Gasteiger partial charge in [0.05, 0.1) is 6.04 Å². The third-order valence-corrected chi connectivity index (χ3v) is 7.06. The van der Waals surface area contributed by atoms with Gasteiger partial charge in [0, 0.05) is 29.9 Å². The Hall–Kier alpha value is -4.91. The Morgan fingerprint density at radius 3 is 2.07 bits per heavy atom. The lowest BCUT2D eigenvalue weighted by Crippen LogP contribution is -2.57. The van der Waals surface area contributed by atoms with Crippen LogP contribution < -0.4 is 21.7 Å². The summed E-state index contributed by atoms with van der Waals surface area (Å²) in [5.41, 5.74) is 8.22. The Labute approximate surface area is 254 Å². The van der Waals surface area contributed by atoms with Crippen LogP contribution in [0.4, 0.5) is 0 Å². The van der Waals surface area contributed by atoms with E-state index >= 15 is 0 Å². The molecular weight excluding hydrogens is 570 g/mol. The molecule has 3 amide bonds. The predicted octanol–water partition coefficient (Wildman–Crippen LogP) is 1.44. The molecule has 0 aliphatic heterocycles. The van der Waals surface area contributed by atoms with Gasteiger partial charge in [-0.25, -0.2) is 4.79 Å². The summed E-state index contributed by atoms with van der Waals surface area (Å²) in [6.45, 7) is 3.67. The van der Waals surface area contributed by atoms with Gasteiger partial charge >= 0.3 is 11.9 Å². The van der Waals surface area contributed by atoms with Crippen molar-refractivity contribution in [2.24, 2.45) is 11.7 Å². The number of carbonyl (C=O) groups excluding carboxylic acids is 3. The third kappa shape index (κ3) is 9.83. The van der Waals surface area contributed by atoms with E-state index in [1.54, 1.807) is 24.4 Å². The maximum Gasteiger partial charge on any atom is 0.326 e. The number of carboxylic acids is 2. The lowest BCUT2D eigenvalue weighted by molar-refractivity contribution is -0.143. The summed E-state index contributed by atoms with van der Waals surface area (Å²) in [4.78, 5) is 66.0. The molecule has 3 aromatic rings. The fraction of sp³-hybridized carbons (Fsp3) is 0.387. The molecule has 13 heteroatoms. The van der Waals surface area contributed by atoms with E-state index in [9.17, 15) is 39.3 Å². The van der Waals surface area contributed by atoms with Crippen LogP contribution in [0.2, 0.25) is 0 Å². The highest BCUT2D eigenvalue weighted by molar-refractivity contribution is 5.94. The number of hydrogen-bond donors (Lipinski definition) is 8. The number of fused-ring (bicyclic) bond motifs is 1. The number of rotatable bonds is 16. The average molecular weight is 610 g/mol. The molecule has 2 aromatic carbocycles. The van der Waals surface area contributed by atoms with E-state index in [1.165, 1.54) is 12.1 Å². The minimum Gasteiger partial charge on any atom is -0.508 e. The number of carbonyl (C=O) groups is 5. The normalized spacial score (nSPS) is 13.9. The molecule has 1 heterocycles. The second-order valence-electron chi connectivity index (χ2n) is 11.1. The molecule has 0 aliphatic rings. The van der Waals surface area contributed by atoms with Gasteiger partial charge < -0.3 is 42.0 Å². The molecule has 0 radical (unpaired) electrons. The van der Waals surface area contributed by atoms with Gasteiger partial charge in [0.2, 0.25) is 17.7 Å². The topological polar surface area (TPSA) is 224 Å². The van der Waals surface area contributed by atoms with E-state index in [2.05, 4.69) is 20.9 Å². The van der Waals surface area contributed by atoms with Gasteiger partial charge in [0.25, 0.3) is 0 Å². The number of para-hydroxylation sites is 1. The Morgan fingerprint density at radius 2 is 1.43 bits per heavy atom. The minimum absolute atomic E-state index is 0.0572. The van der Waals surface area contributed by atoms with Crippen LogP contribution in [0.3, 0.4) is 0 Å². The van der Waals surface area contributed by atoms with E-state index in [4.69, 9.17) is 5.73 Å². The first-order valence-electron chi connectivity index (χ1n) is 14.3. The predicted molar refractivity (Wildman–Crippen MR) is 162 cm³/mol. The van der Waals surface area contributed by atoms with Crippen molar-refractivity contribution in [1.29, 1.82) is 0 Å². The maximum atomic E-state index is 13.4. The highest BCUT2D eigenvalue weighted by Crippen LogP contribution is 2.19. The number of aromatic nitrogens is 1. The summed E-state index contributed by atoms with van der Waals surface area (Å²) in [5.74, 6) is -4.73. The van der Waals surface area contributed by atoms with Crippen LogP contribution in [-0.4, -0.2) is 74.1 Å². The quantitative estimate of drug-likeness (QED) is 0.117.